The lowest BCUT2D eigenvalue weighted by atomic mass is 10.2. The number of fused-ring (bicyclic) bond motifs is 1. The van der Waals surface area contributed by atoms with Crippen LogP contribution in [0.5, 0.6) is 0 Å². The number of sulfonamides is 1. The van der Waals surface area contributed by atoms with Crippen molar-refractivity contribution in [2.45, 2.75) is 30.7 Å². The SMILES string of the molecule is Cc1ccc2nc(-c3ccc(NC(=O)c4ccc(S(=O)(=O)NC5CC5)cc4)cc3)sc2c1. The van der Waals surface area contributed by atoms with E-state index in [2.05, 4.69) is 34.1 Å². The van der Waals surface area contributed by atoms with Crippen LogP contribution in [0.3, 0.4) is 0 Å². The number of rotatable bonds is 6. The minimum Gasteiger partial charge on any atom is -0.322 e. The zero-order valence-corrected chi connectivity index (χ0v) is 19.0. The minimum absolute atomic E-state index is 0.0397. The maximum absolute atomic E-state index is 12.6. The molecule has 0 radical (unpaired) electrons. The van der Waals surface area contributed by atoms with Gasteiger partial charge in [0.15, 0.2) is 0 Å². The summed E-state index contributed by atoms with van der Waals surface area (Å²) in [5, 5.41) is 3.78. The second kappa shape index (κ2) is 8.12. The molecule has 1 aromatic heterocycles. The van der Waals surface area contributed by atoms with Gasteiger partial charge in [0.05, 0.1) is 15.1 Å². The van der Waals surface area contributed by atoms with Crippen LogP contribution in [-0.2, 0) is 10.0 Å². The molecule has 4 aromatic rings. The molecule has 3 aromatic carbocycles. The summed E-state index contributed by atoms with van der Waals surface area (Å²) in [5.74, 6) is -0.299. The van der Waals surface area contributed by atoms with Gasteiger partial charge in [0.1, 0.15) is 5.01 Å². The lowest BCUT2D eigenvalue weighted by molar-refractivity contribution is 0.102. The summed E-state index contributed by atoms with van der Waals surface area (Å²) >= 11 is 1.64. The second-order valence-electron chi connectivity index (χ2n) is 7.94. The number of aryl methyl sites for hydroxylation is 1. The molecule has 0 unspecified atom stereocenters. The molecule has 0 bridgehead atoms. The smallest absolute Gasteiger partial charge is 0.255 e. The largest absolute Gasteiger partial charge is 0.322 e. The van der Waals surface area contributed by atoms with Gasteiger partial charge in [-0.15, -0.1) is 11.3 Å². The number of nitrogens with one attached hydrogen (secondary N) is 2. The second-order valence-corrected chi connectivity index (χ2v) is 10.7. The van der Waals surface area contributed by atoms with Crippen molar-refractivity contribution in [1.29, 1.82) is 0 Å². The van der Waals surface area contributed by atoms with Crippen molar-refractivity contribution in [1.82, 2.24) is 9.71 Å². The van der Waals surface area contributed by atoms with Gasteiger partial charge in [-0.25, -0.2) is 18.1 Å². The van der Waals surface area contributed by atoms with E-state index < -0.39 is 10.0 Å². The number of hydrogen-bond donors (Lipinski definition) is 2. The van der Waals surface area contributed by atoms with Crippen molar-refractivity contribution < 1.29 is 13.2 Å². The first-order chi connectivity index (χ1) is 15.4. The Balaban J connectivity index is 1.28. The van der Waals surface area contributed by atoms with E-state index in [9.17, 15) is 13.2 Å². The third-order valence-electron chi connectivity index (χ3n) is 5.26. The fraction of sp³-hybridized carbons (Fsp3) is 0.167. The van der Waals surface area contributed by atoms with E-state index in [1.54, 1.807) is 11.3 Å². The summed E-state index contributed by atoms with van der Waals surface area (Å²) in [6.45, 7) is 2.06. The van der Waals surface area contributed by atoms with Crippen LogP contribution in [-0.4, -0.2) is 25.4 Å². The van der Waals surface area contributed by atoms with Crippen LogP contribution in [0.4, 0.5) is 5.69 Å². The van der Waals surface area contributed by atoms with Crippen LogP contribution in [0.25, 0.3) is 20.8 Å². The monoisotopic (exact) mass is 463 g/mol. The Morgan fingerprint density at radius 3 is 2.41 bits per heavy atom. The molecule has 1 aliphatic carbocycles. The van der Waals surface area contributed by atoms with E-state index in [0.717, 1.165) is 33.6 Å². The number of nitrogens with zero attached hydrogens (tertiary/aromatic N) is 1. The zero-order valence-electron chi connectivity index (χ0n) is 17.3. The van der Waals surface area contributed by atoms with E-state index in [1.165, 1.54) is 29.8 Å². The van der Waals surface area contributed by atoms with Gasteiger partial charge in [-0.1, -0.05) is 6.07 Å². The molecule has 0 aliphatic heterocycles. The van der Waals surface area contributed by atoms with Crippen LogP contribution in [0.15, 0.2) is 71.6 Å². The summed E-state index contributed by atoms with van der Waals surface area (Å²) in [7, 11) is -3.53. The van der Waals surface area contributed by atoms with Crippen LogP contribution in [0.1, 0.15) is 28.8 Å². The molecule has 5 rings (SSSR count). The average Bonchev–Trinajstić information content (AvgIpc) is 3.48. The first kappa shape index (κ1) is 20.8. The Morgan fingerprint density at radius 1 is 1.00 bits per heavy atom. The Kier molecular flexibility index (Phi) is 5.28. The molecule has 8 heteroatoms. The predicted molar refractivity (Wildman–Crippen MR) is 128 cm³/mol. The van der Waals surface area contributed by atoms with Gasteiger partial charge in [0.2, 0.25) is 10.0 Å². The van der Waals surface area contributed by atoms with Crippen molar-refractivity contribution in [3.8, 4) is 10.6 Å². The quantitative estimate of drug-likeness (QED) is 0.423. The van der Waals surface area contributed by atoms with Crippen molar-refractivity contribution >= 4 is 43.2 Å². The van der Waals surface area contributed by atoms with Crippen molar-refractivity contribution in [2.75, 3.05) is 5.32 Å². The number of benzene rings is 3. The van der Waals surface area contributed by atoms with Gasteiger partial charge in [0.25, 0.3) is 5.91 Å². The summed E-state index contributed by atoms with van der Waals surface area (Å²) in [6.07, 6.45) is 1.74. The van der Waals surface area contributed by atoms with Crippen molar-refractivity contribution in [3.05, 3.63) is 77.9 Å². The maximum Gasteiger partial charge on any atom is 0.255 e. The summed E-state index contributed by atoms with van der Waals surface area (Å²) < 4.78 is 28.3. The fourth-order valence-corrected chi connectivity index (χ4v) is 5.70. The molecule has 1 saturated carbocycles. The number of aromatic nitrogens is 1. The normalized spacial score (nSPS) is 13.9. The summed E-state index contributed by atoms with van der Waals surface area (Å²) in [4.78, 5) is 17.4. The van der Waals surface area contributed by atoms with Gasteiger partial charge >= 0.3 is 0 Å². The Bertz CT molecular complexity index is 1410. The molecule has 1 heterocycles. The molecule has 2 N–H and O–H groups in total. The van der Waals surface area contributed by atoms with E-state index in [-0.39, 0.29) is 16.8 Å². The Morgan fingerprint density at radius 2 is 1.72 bits per heavy atom. The number of hydrogen-bond acceptors (Lipinski definition) is 5. The molecule has 1 fully saturated rings. The van der Waals surface area contributed by atoms with Crippen LogP contribution < -0.4 is 10.0 Å². The van der Waals surface area contributed by atoms with E-state index in [1.807, 2.05) is 30.3 Å². The molecule has 0 atom stereocenters. The predicted octanol–water partition coefficient (Wildman–Crippen LogP) is 4.96. The van der Waals surface area contributed by atoms with Gasteiger partial charge in [-0.05, 0) is 86.0 Å². The van der Waals surface area contributed by atoms with Crippen molar-refractivity contribution in [2.24, 2.45) is 0 Å². The topological polar surface area (TPSA) is 88.2 Å². The third-order valence-corrected chi connectivity index (χ3v) is 7.86. The number of carbonyl (C=O) groups is 1. The lowest BCUT2D eigenvalue weighted by Gasteiger charge is -2.08. The number of carbonyl (C=O) groups excluding carboxylic acids is 1. The standard InChI is InChI=1S/C24H21N3O3S2/c1-15-2-13-21-22(14-15)31-24(26-21)17-3-7-18(8-4-17)25-23(28)16-5-11-20(12-6-16)32(29,30)27-19-9-10-19/h2-8,11-14,19,27H,9-10H2,1H3,(H,25,28). The van der Waals surface area contributed by atoms with E-state index in [0.29, 0.717) is 11.3 Å². The summed E-state index contributed by atoms with van der Waals surface area (Å²) in [5.41, 5.74) is 4.21. The third kappa shape index (κ3) is 4.43. The van der Waals surface area contributed by atoms with Gasteiger partial charge < -0.3 is 5.32 Å². The van der Waals surface area contributed by atoms with Crippen LogP contribution in [0.2, 0.25) is 0 Å². The molecule has 0 saturated heterocycles. The molecule has 32 heavy (non-hydrogen) atoms. The van der Waals surface area contributed by atoms with Gasteiger partial charge in [0, 0.05) is 22.9 Å². The average molecular weight is 464 g/mol. The highest BCUT2D eigenvalue weighted by atomic mass is 32.2. The zero-order chi connectivity index (χ0) is 22.3. The highest BCUT2D eigenvalue weighted by Gasteiger charge is 2.28. The number of amides is 1. The molecule has 1 aliphatic rings. The Labute approximate surface area is 190 Å². The number of thiazole rings is 1. The molecule has 0 spiro atoms. The van der Waals surface area contributed by atoms with Gasteiger partial charge in [-0.2, -0.15) is 0 Å². The highest BCUT2D eigenvalue weighted by Crippen LogP contribution is 2.31. The van der Waals surface area contributed by atoms with Crippen molar-refractivity contribution in [3.63, 3.8) is 0 Å². The minimum atomic E-state index is -3.53. The molecule has 162 valence electrons. The van der Waals surface area contributed by atoms with Gasteiger partial charge in [-0.3, -0.25) is 4.79 Å². The molecule has 1 amide bonds. The van der Waals surface area contributed by atoms with Crippen LogP contribution >= 0.6 is 11.3 Å². The first-order valence-corrected chi connectivity index (χ1v) is 12.6. The lowest BCUT2D eigenvalue weighted by Crippen LogP contribution is -2.25. The molecular weight excluding hydrogens is 442 g/mol. The molecular formula is C24H21N3O3S2. The first-order valence-electron chi connectivity index (χ1n) is 10.3. The fourth-order valence-electron chi connectivity index (χ4n) is 3.33. The highest BCUT2D eigenvalue weighted by molar-refractivity contribution is 7.89. The van der Waals surface area contributed by atoms with E-state index >= 15 is 0 Å². The van der Waals surface area contributed by atoms with E-state index in [4.69, 9.17) is 0 Å². The molecule has 6 nitrogen and oxygen atoms in total. The number of anilines is 1. The van der Waals surface area contributed by atoms with Crippen LogP contribution in [0, 0.1) is 6.92 Å². The maximum atomic E-state index is 12.6. The summed E-state index contributed by atoms with van der Waals surface area (Å²) in [6, 6.07) is 19.7. The Hall–Kier alpha value is -3.07.